The van der Waals surface area contributed by atoms with Crippen LogP contribution in [0.25, 0.3) is 0 Å². The zero-order valence-corrected chi connectivity index (χ0v) is 10.6. The highest BCUT2D eigenvalue weighted by Gasteiger charge is 1.95. The summed E-state index contributed by atoms with van der Waals surface area (Å²) in [5.41, 5.74) is 0. The van der Waals surface area contributed by atoms with Gasteiger partial charge in [-0.25, -0.2) is 0 Å². The lowest BCUT2D eigenvalue weighted by molar-refractivity contribution is 0.748. The maximum atomic E-state index is 4.04. The molecule has 0 aromatic heterocycles. The van der Waals surface area contributed by atoms with Gasteiger partial charge in [-0.2, -0.15) is 11.8 Å². The Morgan fingerprint density at radius 1 is 1.43 bits per heavy atom. The summed E-state index contributed by atoms with van der Waals surface area (Å²) in [5, 5.41) is 6.23. The predicted octanol–water partition coefficient (Wildman–Crippen LogP) is 1.56. The zero-order chi connectivity index (χ0) is 10.8. The average Bonchev–Trinajstić information content (AvgIpc) is 2.16. The highest BCUT2D eigenvalue weighted by atomic mass is 32.2. The van der Waals surface area contributed by atoms with Crippen LogP contribution in [0.2, 0.25) is 0 Å². The Balaban J connectivity index is 3.21. The van der Waals surface area contributed by atoms with E-state index in [1.54, 1.807) is 7.05 Å². The summed E-state index contributed by atoms with van der Waals surface area (Å²) in [6.45, 7) is 5.51. The Morgan fingerprint density at radius 2 is 2.14 bits per heavy atom. The summed E-state index contributed by atoms with van der Waals surface area (Å²) < 4.78 is 0. The lowest BCUT2D eigenvalue weighted by Crippen LogP contribution is -2.35. The van der Waals surface area contributed by atoms with E-state index in [9.17, 15) is 0 Å². The molecule has 0 radical (unpaired) electrons. The first kappa shape index (κ1) is 13.6. The highest BCUT2D eigenvalue weighted by Crippen LogP contribution is 2.07. The van der Waals surface area contributed by atoms with Gasteiger partial charge in [-0.15, -0.1) is 0 Å². The number of aliphatic imine (C=N–C) groups is 1. The number of hydrogen-bond donors (Lipinski definition) is 2. The standard InChI is InChI=1S/C10H23N3S/c1-9(2)8-14-7-5-6-13-10(11-3)12-4/h9H,5-8H2,1-4H3,(H2,11,12,13). The smallest absolute Gasteiger partial charge is 0.190 e. The highest BCUT2D eigenvalue weighted by molar-refractivity contribution is 7.99. The molecule has 4 heteroatoms. The van der Waals surface area contributed by atoms with Gasteiger partial charge in [0.05, 0.1) is 0 Å². The second-order valence-electron chi connectivity index (χ2n) is 3.57. The molecule has 0 atom stereocenters. The third kappa shape index (κ3) is 8.23. The number of hydrogen-bond acceptors (Lipinski definition) is 2. The van der Waals surface area contributed by atoms with Crippen molar-refractivity contribution in [2.45, 2.75) is 20.3 Å². The van der Waals surface area contributed by atoms with E-state index in [1.165, 1.54) is 17.9 Å². The number of nitrogens with one attached hydrogen (secondary N) is 2. The fraction of sp³-hybridized carbons (Fsp3) is 0.900. The van der Waals surface area contributed by atoms with Crippen molar-refractivity contribution < 1.29 is 0 Å². The third-order valence-corrected chi connectivity index (χ3v) is 3.15. The summed E-state index contributed by atoms with van der Waals surface area (Å²) in [6.07, 6.45) is 1.19. The van der Waals surface area contributed by atoms with Crippen molar-refractivity contribution in [1.82, 2.24) is 10.6 Å². The molecule has 0 unspecified atom stereocenters. The first-order chi connectivity index (χ1) is 6.70. The molecule has 0 saturated heterocycles. The zero-order valence-electron chi connectivity index (χ0n) is 9.76. The average molecular weight is 217 g/mol. The molecule has 0 bridgehead atoms. The Morgan fingerprint density at radius 3 is 2.64 bits per heavy atom. The summed E-state index contributed by atoms with van der Waals surface area (Å²) in [5.74, 6) is 4.17. The first-order valence-corrected chi connectivity index (χ1v) is 6.32. The molecule has 2 N–H and O–H groups in total. The minimum absolute atomic E-state index is 0.804. The maximum Gasteiger partial charge on any atom is 0.190 e. The summed E-state index contributed by atoms with van der Waals surface area (Å²) in [7, 11) is 3.66. The van der Waals surface area contributed by atoms with Crippen LogP contribution in [0, 0.1) is 5.92 Å². The molecule has 3 nitrogen and oxygen atoms in total. The van der Waals surface area contributed by atoms with E-state index in [-0.39, 0.29) is 0 Å². The Labute approximate surface area is 92.1 Å². The maximum absolute atomic E-state index is 4.04. The van der Waals surface area contributed by atoms with Crippen LogP contribution >= 0.6 is 11.8 Å². The van der Waals surface area contributed by atoms with Crippen LogP contribution in [-0.4, -0.2) is 38.1 Å². The second kappa shape index (κ2) is 9.19. The summed E-state index contributed by atoms with van der Waals surface area (Å²) in [4.78, 5) is 4.04. The lowest BCUT2D eigenvalue weighted by Gasteiger charge is -2.08. The summed E-state index contributed by atoms with van der Waals surface area (Å²) >= 11 is 2.03. The number of rotatable bonds is 6. The SMILES string of the molecule is CN=C(NC)NCCCSCC(C)C. The normalized spacial score (nSPS) is 11.9. The molecule has 0 saturated carbocycles. The van der Waals surface area contributed by atoms with E-state index >= 15 is 0 Å². The fourth-order valence-corrected chi connectivity index (χ4v) is 1.97. The minimum Gasteiger partial charge on any atom is -0.359 e. The van der Waals surface area contributed by atoms with Crippen molar-refractivity contribution in [2.75, 3.05) is 32.1 Å². The van der Waals surface area contributed by atoms with Crippen LogP contribution in [0.1, 0.15) is 20.3 Å². The second-order valence-corrected chi connectivity index (χ2v) is 4.72. The van der Waals surface area contributed by atoms with Crippen molar-refractivity contribution in [3.8, 4) is 0 Å². The topological polar surface area (TPSA) is 36.4 Å². The predicted molar refractivity (Wildman–Crippen MR) is 67.2 cm³/mol. The molecule has 84 valence electrons. The van der Waals surface area contributed by atoms with E-state index in [2.05, 4.69) is 29.5 Å². The number of nitrogens with zero attached hydrogens (tertiary/aromatic N) is 1. The van der Waals surface area contributed by atoms with Gasteiger partial charge in [-0.3, -0.25) is 4.99 Å². The van der Waals surface area contributed by atoms with Gasteiger partial charge in [0.2, 0.25) is 0 Å². The van der Waals surface area contributed by atoms with Gasteiger partial charge in [-0.05, 0) is 23.8 Å². The van der Waals surface area contributed by atoms with E-state index in [1.807, 2.05) is 18.8 Å². The van der Waals surface area contributed by atoms with Crippen molar-refractivity contribution in [2.24, 2.45) is 10.9 Å². The quantitative estimate of drug-likeness (QED) is 0.403. The molecule has 14 heavy (non-hydrogen) atoms. The van der Waals surface area contributed by atoms with Crippen LogP contribution < -0.4 is 10.6 Å². The monoisotopic (exact) mass is 217 g/mol. The van der Waals surface area contributed by atoms with Crippen molar-refractivity contribution in [3.63, 3.8) is 0 Å². The first-order valence-electron chi connectivity index (χ1n) is 5.16. The molecule has 0 aliphatic heterocycles. The van der Waals surface area contributed by atoms with Crippen LogP contribution in [0.4, 0.5) is 0 Å². The van der Waals surface area contributed by atoms with Gasteiger partial charge < -0.3 is 10.6 Å². The molecule has 0 aromatic rings. The van der Waals surface area contributed by atoms with Crippen LogP contribution in [-0.2, 0) is 0 Å². The number of guanidine groups is 1. The Hall–Kier alpha value is -0.380. The van der Waals surface area contributed by atoms with Gasteiger partial charge in [0.15, 0.2) is 5.96 Å². The van der Waals surface area contributed by atoms with Crippen molar-refractivity contribution in [1.29, 1.82) is 0 Å². The van der Waals surface area contributed by atoms with Gasteiger partial charge in [0.1, 0.15) is 0 Å². The van der Waals surface area contributed by atoms with Gasteiger partial charge in [-0.1, -0.05) is 13.8 Å². The number of thioether (sulfide) groups is 1. The van der Waals surface area contributed by atoms with E-state index < -0.39 is 0 Å². The molecule has 0 spiro atoms. The summed E-state index contributed by atoms with van der Waals surface area (Å²) in [6, 6.07) is 0. The molecule has 0 rings (SSSR count). The van der Waals surface area contributed by atoms with Crippen molar-refractivity contribution >= 4 is 17.7 Å². The fourth-order valence-electron chi connectivity index (χ4n) is 0.979. The van der Waals surface area contributed by atoms with Crippen molar-refractivity contribution in [3.05, 3.63) is 0 Å². The largest absolute Gasteiger partial charge is 0.359 e. The molecular weight excluding hydrogens is 194 g/mol. The molecule has 0 aliphatic rings. The van der Waals surface area contributed by atoms with E-state index in [4.69, 9.17) is 0 Å². The Bertz CT molecular complexity index is 157. The molecule has 0 aliphatic carbocycles. The van der Waals surface area contributed by atoms with E-state index in [0.717, 1.165) is 18.4 Å². The molecule has 0 aromatic carbocycles. The third-order valence-electron chi connectivity index (χ3n) is 1.67. The molecular formula is C10H23N3S. The van der Waals surface area contributed by atoms with Gasteiger partial charge >= 0.3 is 0 Å². The van der Waals surface area contributed by atoms with Gasteiger partial charge in [0, 0.05) is 20.6 Å². The molecule has 0 amide bonds. The lowest BCUT2D eigenvalue weighted by atomic mass is 10.3. The minimum atomic E-state index is 0.804. The van der Waals surface area contributed by atoms with Gasteiger partial charge in [0.25, 0.3) is 0 Å². The molecule has 0 heterocycles. The van der Waals surface area contributed by atoms with Crippen LogP contribution in [0.5, 0.6) is 0 Å². The molecule has 0 fully saturated rings. The van der Waals surface area contributed by atoms with E-state index in [0.29, 0.717) is 0 Å². The van der Waals surface area contributed by atoms with Crippen LogP contribution in [0.3, 0.4) is 0 Å². The Kier molecular flexibility index (Phi) is 8.94. The van der Waals surface area contributed by atoms with Crippen LogP contribution in [0.15, 0.2) is 4.99 Å².